The molecule has 1 heterocycles. The van der Waals surface area contributed by atoms with Gasteiger partial charge in [-0.15, -0.1) is 0 Å². The van der Waals surface area contributed by atoms with Gasteiger partial charge in [0.05, 0.1) is 0 Å². The van der Waals surface area contributed by atoms with E-state index < -0.39 is 6.03 Å². The number of pyridine rings is 1. The molecule has 4 N–H and O–H groups in total. The van der Waals surface area contributed by atoms with Crippen LogP contribution in [0.25, 0.3) is 0 Å². The van der Waals surface area contributed by atoms with Gasteiger partial charge in [0.15, 0.2) is 0 Å². The zero-order chi connectivity index (χ0) is 11.1. The van der Waals surface area contributed by atoms with Gasteiger partial charge in [0, 0.05) is 31.5 Å². The summed E-state index contributed by atoms with van der Waals surface area (Å²) in [7, 11) is 0. The molecule has 0 spiro atoms. The summed E-state index contributed by atoms with van der Waals surface area (Å²) in [6.45, 7) is 3.27. The van der Waals surface area contributed by atoms with Gasteiger partial charge >= 0.3 is 6.03 Å². The summed E-state index contributed by atoms with van der Waals surface area (Å²) in [5.41, 5.74) is 6.10. The highest BCUT2D eigenvalue weighted by Crippen LogP contribution is 2.08. The van der Waals surface area contributed by atoms with Gasteiger partial charge in [-0.1, -0.05) is 0 Å². The Balaban J connectivity index is 2.25. The van der Waals surface area contributed by atoms with E-state index in [1.807, 2.05) is 12.1 Å². The lowest BCUT2D eigenvalue weighted by Crippen LogP contribution is -2.35. The molecule has 0 bridgehead atoms. The number of primary amides is 1. The number of rotatable bonds is 5. The summed E-state index contributed by atoms with van der Waals surface area (Å²) in [6.07, 6.45) is 3.52. The summed E-state index contributed by atoms with van der Waals surface area (Å²) in [4.78, 5) is 14.3. The third-order valence-electron chi connectivity index (χ3n) is 2.08. The summed E-state index contributed by atoms with van der Waals surface area (Å²) < 4.78 is 0. The molecular formula is C10H16N4O. The van der Waals surface area contributed by atoms with Crippen LogP contribution in [-0.4, -0.2) is 24.1 Å². The molecule has 1 rings (SSSR count). The smallest absolute Gasteiger partial charge is 0.312 e. The Morgan fingerprint density at radius 1 is 1.47 bits per heavy atom. The van der Waals surface area contributed by atoms with Gasteiger partial charge in [-0.05, 0) is 24.6 Å². The molecule has 82 valence electrons. The van der Waals surface area contributed by atoms with Gasteiger partial charge in [0.25, 0.3) is 0 Å². The van der Waals surface area contributed by atoms with Crippen molar-refractivity contribution < 1.29 is 4.79 Å². The van der Waals surface area contributed by atoms with Gasteiger partial charge in [-0.3, -0.25) is 4.98 Å². The minimum Gasteiger partial charge on any atom is -0.352 e. The number of hydrogen-bond donors (Lipinski definition) is 3. The maximum atomic E-state index is 10.4. The quantitative estimate of drug-likeness (QED) is 0.613. The van der Waals surface area contributed by atoms with Gasteiger partial charge in [0.2, 0.25) is 0 Å². The molecule has 0 saturated carbocycles. The first-order valence-electron chi connectivity index (χ1n) is 4.87. The fraction of sp³-hybridized carbons (Fsp3) is 0.400. The molecule has 0 aliphatic heterocycles. The van der Waals surface area contributed by atoms with Crippen LogP contribution in [0.5, 0.6) is 0 Å². The fourth-order valence-corrected chi connectivity index (χ4v) is 1.24. The number of nitrogens with one attached hydrogen (secondary N) is 2. The average molecular weight is 208 g/mol. The van der Waals surface area contributed by atoms with Crippen molar-refractivity contribution >= 4 is 6.03 Å². The van der Waals surface area contributed by atoms with Crippen LogP contribution in [0.3, 0.4) is 0 Å². The van der Waals surface area contributed by atoms with E-state index in [9.17, 15) is 4.79 Å². The Morgan fingerprint density at radius 3 is 2.73 bits per heavy atom. The average Bonchev–Trinajstić information content (AvgIpc) is 2.25. The summed E-state index contributed by atoms with van der Waals surface area (Å²) in [6, 6.07) is 3.66. The maximum Gasteiger partial charge on any atom is 0.312 e. The Bertz CT molecular complexity index is 302. The van der Waals surface area contributed by atoms with E-state index in [2.05, 4.69) is 22.5 Å². The molecule has 0 saturated heterocycles. The van der Waals surface area contributed by atoms with Crippen molar-refractivity contribution in [3.63, 3.8) is 0 Å². The molecule has 5 nitrogen and oxygen atoms in total. The first kappa shape index (κ1) is 11.5. The number of hydrogen-bond acceptors (Lipinski definition) is 3. The Kier molecular flexibility index (Phi) is 4.56. The van der Waals surface area contributed by atoms with Crippen molar-refractivity contribution in [1.29, 1.82) is 0 Å². The number of amides is 2. The number of aromatic nitrogens is 1. The van der Waals surface area contributed by atoms with Crippen molar-refractivity contribution in [3.8, 4) is 0 Å². The lowest BCUT2D eigenvalue weighted by atomic mass is 10.1. The largest absolute Gasteiger partial charge is 0.352 e. The van der Waals surface area contributed by atoms with E-state index in [1.165, 1.54) is 5.56 Å². The molecule has 1 atom stereocenters. The van der Waals surface area contributed by atoms with Crippen molar-refractivity contribution in [3.05, 3.63) is 30.1 Å². The number of urea groups is 1. The molecule has 0 aromatic carbocycles. The van der Waals surface area contributed by atoms with Crippen LogP contribution >= 0.6 is 0 Å². The number of nitrogens with two attached hydrogens (primary N) is 1. The highest BCUT2D eigenvalue weighted by atomic mass is 16.2. The SMILES string of the molecule is CC(NCCNC(N)=O)c1ccncc1. The molecule has 1 unspecified atom stereocenters. The number of nitrogens with zero attached hydrogens (tertiary/aromatic N) is 1. The van der Waals surface area contributed by atoms with Crippen molar-refractivity contribution in [2.24, 2.45) is 5.73 Å². The fourth-order valence-electron chi connectivity index (χ4n) is 1.24. The zero-order valence-corrected chi connectivity index (χ0v) is 8.73. The second kappa shape index (κ2) is 5.98. The zero-order valence-electron chi connectivity index (χ0n) is 8.73. The molecule has 15 heavy (non-hydrogen) atoms. The molecule has 0 fully saturated rings. The lowest BCUT2D eigenvalue weighted by molar-refractivity contribution is 0.249. The first-order chi connectivity index (χ1) is 7.20. The van der Waals surface area contributed by atoms with Crippen LogP contribution in [0.15, 0.2) is 24.5 Å². The number of carbonyl (C=O) groups is 1. The predicted molar refractivity (Wildman–Crippen MR) is 58.2 cm³/mol. The van der Waals surface area contributed by atoms with Gasteiger partial charge < -0.3 is 16.4 Å². The molecule has 0 radical (unpaired) electrons. The summed E-state index contributed by atoms with van der Waals surface area (Å²) in [5.74, 6) is 0. The van der Waals surface area contributed by atoms with Crippen LogP contribution in [0, 0.1) is 0 Å². The van der Waals surface area contributed by atoms with Crippen LogP contribution in [-0.2, 0) is 0 Å². The second-order valence-electron chi connectivity index (χ2n) is 3.25. The van der Waals surface area contributed by atoms with E-state index >= 15 is 0 Å². The Labute approximate surface area is 89.1 Å². The normalized spacial score (nSPS) is 12.1. The molecule has 0 aliphatic rings. The summed E-state index contributed by atoms with van der Waals surface area (Å²) in [5, 5.41) is 5.77. The minimum atomic E-state index is -0.492. The van der Waals surface area contributed by atoms with Gasteiger partial charge in [-0.25, -0.2) is 4.79 Å². The van der Waals surface area contributed by atoms with E-state index in [-0.39, 0.29) is 6.04 Å². The third kappa shape index (κ3) is 4.42. The molecule has 0 aliphatic carbocycles. The van der Waals surface area contributed by atoms with Crippen molar-refractivity contribution in [2.45, 2.75) is 13.0 Å². The Hall–Kier alpha value is -1.62. The van der Waals surface area contributed by atoms with E-state index in [4.69, 9.17) is 5.73 Å². The molecule has 1 aromatic rings. The first-order valence-corrected chi connectivity index (χ1v) is 4.87. The molecule has 1 aromatic heterocycles. The van der Waals surface area contributed by atoms with Crippen LogP contribution in [0.4, 0.5) is 4.79 Å². The summed E-state index contributed by atoms with van der Waals surface area (Å²) >= 11 is 0. The van der Waals surface area contributed by atoms with Crippen molar-refractivity contribution in [1.82, 2.24) is 15.6 Å². The van der Waals surface area contributed by atoms with E-state index in [0.717, 1.165) is 0 Å². The minimum absolute atomic E-state index is 0.239. The van der Waals surface area contributed by atoms with Crippen LogP contribution in [0.1, 0.15) is 18.5 Å². The van der Waals surface area contributed by atoms with E-state index in [0.29, 0.717) is 13.1 Å². The number of carbonyl (C=O) groups excluding carboxylic acids is 1. The predicted octanol–water partition coefficient (Wildman–Crippen LogP) is 0.400. The second-order valence-corrected chi connectivity index (χ2v) is 3.25. The molecular weight excluding hydrogens is 192 g/mol. The Morgan fingerprint density at radius 2 is 2.13 bits per heavy atom. The van der Waals surface area contributed by atoms with Crippen LogP contribution in [0.2, 0.25) is 0 Å². The topological polar surface area (TPSA) is 80.0 Å². The maximum absolute atomic E-state index is 10.4. The standard InChI is InChI=1S/C10H16N4O/c1-8(9-2-4-12-5-3-9)13-6-7-14-10(11)15/h2-5,8,13H,6-7H2,1H3,(H3,11,14,15). The third-order valence-corrected chi connectivity index (χ3v) is 2.08. The highest BCUT2D eigenvalue weighted by Gasteiger charge is 2.02. The highest BCUT2D eigenvalue weighted by molar-refractivity contribution is 5.71. The lowest BCUT2D eigenvalue weighted by Gasteiger charge is -2.13. The van der Waals surface area contributed by atoms with Gasteiger partial charge in [-0.2, -0.15) is 0 Å². The van der Waals surface area contributed by atoms with Crippen molar-refractivity contribution in [2.75, 3.05) is 13.1 Å². The molecule has 5 heteroatoms. The molecule has 2 amide bonds. The van der Waals surface area contributed by atoms with Gasteiger partial charge in [0.1, 0.15) is 0 Å². The monoisotopic (exact) mass is 208 g/mol. The van der Waals surface area contributed by atoms with Crippen LogP contribution < -0.4 is 16.4 Å². The van der Waals surface area contributed by atoms with E-state index in [1.54, 1.807) is 12.4 Å².